The molecule has 0 amide bonds. The Kier molecular flexibility index (Phi) is 4.42. The fraction of sp³-hybridized carbons (Fsp3) is 1.00. The molecule has 4 atom stereocenters. The molecule has 2 saturated heterocycles. The molecule has 2 heterocycles. The van der Waals surface area contributed by atoms with Gasteiger partial charge >= 0.3 is 6.18 Å². The first-order valence-electron chi connectivity index (χ1n) is 7.16. The Balaban J connectivity index is 2.16. The monoisotopic (exact) mass is 279 g/mol. The van der Waals surface area contributed by atoms with Crippen molar-refractivity contribution in [2.24, 2.45) is 5.73 Å². The van der Waals surface area contributed by atoms with E-state index in [9.17, 15) is 13.2 Å². The van der Waals surface area contributed by atoms with E-state index in [1.807, 2.05) is 6.92 Å². The fourth-order valence-corrected chi connectivity index (χ4v) is 3.50. The van der Waals surface area contributed by atoms with Crippen molar-refractivity contribution in [3.63, 3.8) is 0 Å². The van der Waals surface area contributed by atoms with Crippen LogP contribution in [0.4, 0.5) is 13.2 Å². The molecule has 2 N–H and O–H groups in total. The maximum Gasteiger partial charge on any atom is 0.405 e. The van der Waals surface area contributed by atoms with Crippen LogP contribution in [0.1, 0.15) is 33.1 Å². The van der Waals surface area contributed by atoms with Crippen molar-refractivity contribution in [3.05, 3.63) is 0 Å². The molecule has 2 rings (SSSR count). The maximum atomic E-state index is 13.3. The van der Waals surface area contributed by atoms with Crippen LogP contribution in [0.3, 0.4) is 0 Å². The summed E-state index contributed by atoms with van der Waals surface area (Å²) >= 11 is 0. The Morgan fingerprint density at radius 2 is 2.00 bits per heavy atom. The third-order valence-corrected chi connectivity index (χ3v) is 4.56. The summed E-state index contributed by atoms with van der Waals surface area (Å²) in [7, 11) is 0. The number of halogens is 3. The van der Waals surface area contributed by atoms with Gasteiger partial charge in [0.2, 0.25) is 0 Å². The molecule has 0 aromatic rings. The number of hydrogen-bond acceptors (Lipinski definition) is 3. The van der Waals surface area contributed by atoms with Gasteiger partial charge < -0.3 is 5.73 Å². The van der Waals surface area contributed by atoms with Gasteiger partial charge in [-0.15, -0.1) is 0 Å². The largest absolute Gasteiger partial charge is 0.405 e. The summed E-state index contributed by atoms with van der Waals surface area (Å²) in [6, 6.07) is -2.14. The molecule has 0 saturated carbocycles. The van der Waals surface area contributed by atoms with Gasteiger partial charge in [0.05, 0.1) is 0 Å². The molecule has 4 unspecified atom stereocenters. The van der Waals surface area contributed by atoms with Crippen molar-refractivity contribution >= 4 is 0 Å². The summed E-state index contributed by atoms with van der Waals surface area (Å²) in [6.07, 6.45) is -1.79. The van der Waals surface area contributed by atoms with E-state index in [0.29, 0.717) is 13.0 Å². The predicted octanol–water partition coefficient (Wildman–Crippen LogP) is 1.82. The Morgan fingerprint density at radius 3 is 2.58 bits per heavy atom. The van der Waals surface area contributed by atoms with Gasteiger partial charge in [-0.2, -0.15) is 13.2 Å². The third kappa shape index (κ3) is 3.06. The van der Waals surface area contributed by atoms with Crippen molar-refractivity contribution < 1.29 is 13.2 Å². The van der Waals surface area contributed by atoms with Gasteiger partial charge in [-0.25, -0.2) is 0 Å². The van der Waals surface area contributed by atoms with Crippen molar-refractivity contribution in [3.8, 4) is 0 Å². The molecule has 19 heavy (non-hydrogen) atoms. The lowest BCUT2D eigenvalue weighted by Gasteiger charge is -2.47. The average Bonchev–Trinajstić information content (AvgIpc) is 2.74. The lowest BCUT2D eigenvalue weighted by atomic mass is 9.98. The highest BCUT2D eigenvalue weighted by molar-refractivity contribution is 4.97. The van der Waals surface area contributed by atoms with E-state index in [-0.39, 0.29) is 12.1 Å². The van der Waals surface area contributed by atoms with Gasteiger partial charge in [-0.3, -0.25) is 9.80 Å². The summed E-state index contributed by atoms with van der Waals surface area (Å²) in [5.74, 6) is 0. The highest BCUT2D eigenvalue weighted by atomic mass is 19.4. The zero-order valence-corrected chi connectivity index (χ0v) is 11.7. The number of alkyl halides is 3. The second-order valence-electron chi connectivity index (χ2n) is 5.90. The van der Waals surface area contributed by atoms with Crippen LogP contribution in [-0.2, 0) is 0 Å². The van der Waals surface area contributed by atoms with Crippen LogP contribution in [-0.4, -0.2) is 59.8 Å². The highest BCUT2D eigenvalue weighted by Crippen LogP contribution is 2.33. The van der Waals surface area contributed by atoms with Crippen molar-refractivity contribution in [2.45, 2.75) is 63.5 Å². The average molecular weight is 279 g/mol. The first-order chi connectivity index (χ1) is 8.84. The molecular weight excluding hydrogens is 255 g/mol. The predicted molar refractivity (Wildman–Crippen MR) is 68.9 cm³/mol. The molecule has 0 aliphatic carbocycles. The normalized spacial score (nSPS) is 33.2. The highest BCUT2D eigenvalue weighted by Gasteiger charge is 2.50. The van der Waals surface area contributed by atoms with Gasteiger partial charge in [0.25, 0.3) is 0 Å². The van der Waals surface area contributed by atoms with Crippen molar-refractivity contribution in [1.82, 2.24) is 9.80 Å². The molecule has 0 aromatic carbocycles. The Bertz CT molecular complexity index is 308. The molecule has 3 nitrogen and oxygen atoms in total. The minimum Gasteiger partial charge on any atom is -0.326 e. The second kappa shape index (κ2) is 5.58. The Labute approximate surface area is 112 Å². The van der Waals surface area contributed by atoms with Crippen LogP contribution in [0.25, 0.3) is 0 Å². The van der Waals surface area contributed by atoms with Gasteiger partial charge in [0.15, 0.2) is 0 Å². The van der Waals surface area contributed by atoms with Crippen LogP contribution in [0, 0.1) is 0 Å². The summed E-state index contributed by atoms with van der Waals surface area (Å²) < 4.78 is 40.0. The fourth-order valence-electron chi connectivity index (χ4n) is 3.50. The van der Waals surface area contributed by atoms with Crippen molar-refractivity contribution in [1.29, 1.82) is 0 Å². The van der Waals surface area contributed by atoms with E-state index in [1.165, 1.54) is 0 Å². The zero-order valence-electron chi connectivity index (χ0n) is 11.7. The first kappa shape index (κ1) is 15.1. The van der Waals surface area contributed by atoms with E-state index in [0.717, 1.165) is 25.9 Å². The SMILES string of the molecule is CCC(N)C(N1CC2CCCN2CC1C)C(F)(F)F. The van der Waals surface area contributed by atoms with Crippen molar-refractivity contribution in [2.75, 3.05) is 19.6 Å². The maximum absolute atomic E-state index is 13.3. The summed E-state index contributed by atoms with van der Waals surface area (Å²) in [4.78, 5) is 3.92. The minimum absolute atomic E-state index is 0.0847. The third-order valence-electron chi connectivity index (χ3n) is 4.56. The summed E-state index contributed by atoms with van der Waals surface area (Å²) in [5, 5.41) is 0. The molecule has 0 bridgehead atoms. The number of fused-ring (bicyclic) bond motifs is 1. The molecule has 2 aliphatic rings. The number of rotatable bonds is 3. The molecule has 6 heteroatoms. The molecule has 2 aliphatic heterocycles. The van der Waals surface area contributed by atoms with Gasteiger partial charge in [-0.1, -0.05) is 6.92 Å². The Hall–Kier alpha value is -0.330. The van der Waals surface area contributed by atoms with Gasteiger partial charge in [0, 0.05) is 31.2 Å². The Morgan fingerprint density at radius 1 is 1.32 bits per heavy atom. The molecule has 0 spiro atoms. The summed E-state index contributed by atoms with van der Waals surface area (Å²) in [6.45, 7) is 5.86. The van der Waals surface area contributed by atoms with Crippen LogP contribution in [0.5, 0.6) is 0 Å². The van der Waals surface area contributed by atoms with Crippen LogP contribution in [0.15, 0.2) is 0 Å². The van der Waals surface area contributed by atoms with Crippen LogP contribution >= 0.6 is 0 Å². The number of nitrogens with zero attached hydrogens (tertiary/aromatic N) is 2. The lowest BCUT2D eigenvalue weighted by molar-refractivity contribution is -0.202. The minimum atomic E-state index is -4.25. The van der Waals surface area contributed by atoms with Crippen LogP contribution in [0.2, 0.25) is 0 Å². The molecule has 2 fully saturated rings. The topological polar surface area (TPSA) is 32.5 Å². The number of piperazine rings is 1. The van der Waals surface area contributed by atoms with E-state index < -0.39 is 18.3 Å². The van der Waals surface area contributed by atoms with E-state index >= 15 is 0 Å². The number of nitrogens with two attached hydrogens (primary N) is 1. The smallest absolute Gasteiger partial charge is 0.326 e. The standard InChI is InChI=1S/C13H24F3N3/c1-3-11(17)12(13(14,15)16)19-8-10-5-4-6-18(10)7-9(19)2/h9-12H,3-8,17H2,1-2H3. The van der Waals surface area contributed by atoms with E-state index in [1.54, 1.807) is 11.8 Å². The molecule has 0 aromatic heterocycles. The van der Waals surface area contributed by atoms with E-state index in [4.69, 9.17) is 5.73 Å². The lowest BCUT2D eigenvalue weighted by Crippen LogP contribution is -2.65. The number of hydrogen-bond donors (Lipinski definition) is 1. The molecule has 0 radical (unpaired) electrons. The molecular formula is C13H24F3N3. The van der Waals surface area contributed by atoms with Gasteiger partial charge in [-0.05, 0) is 32.7 Å². The van der Waals surface area contributed by atoms with Gasteiger partial charge in [0.1, 0.15) is 6.04 Å². The van der Waals surface area contributed by atoms with E-state index in [2.05, 4.69) is 4.90 Å². The summed E-state index contributed by atoms with van der Waals surface area (Å²) in [5.41, 5.74) is 5.76. The second-order valence-corrected chi connectivity index (χ2v) is 5.90. The quantitative estimate of drug-likeness (QED) is 0.855. The van der Waals surface area contributed by atoms with Crippen LogP contribution < -0.4 is 5.73 Å². The first-order valence-corrected chi connectivity index (χ1v) is 7.16. The molecule has 112 valence electrons. The zero-order chi connectivity index (χ0) is 14.2.